The van der Waals surface area contributed by atoms with Crippen LogP contribution in [0.5, 0.6) is 0 Å². The number of aliphatic hydroxyl groups excluding tert-OH is 1. The molecule has 0 saturated carbocycles. The maximum Gasteiger partial charge on any atom is 0.411 e. The Balaban J connectivity index is 2.24. The predicted octanol–water partition coefficient (Wildman–Crippen LogP) is 3.32. The second kappa shape index (κ2) is 7.11. The van der Waals surface area contributed by atoms with Gasteiger partial charge in [0.2, 0.25) is 0 Å². The summed E-state index contributed by atoms with van der Waals surface area (Å²) in [7, 11) is 0. The molecule has 0 aliphatic carbocycles. The van der Waals surface area contributed by atoms with E-state index in [-0.39, 0.29) is 13.0 Å². The van der Waals surface area contributed by atoms with E-state index < -0.39 is 18.9 Å². The second-order valence-corrected chi connectivity index (χ2v) is 4.86. The number of halogens is 4. The van der Waals surface area contributed by atoms with Crippen molar-refractivity contribution >= 4 is 15.9 Å². The van der Waals surface area contributed by atoms with Gasteiger partial charge in [-0.15, -0.1) is 0 Å². The van der Waals surface area contributed by atoms with Gasteiger partial charge in [0.25, 0.3) is 0 Å². The molecule has 0 radical (unpaired) electrons. The molecule has 18 heavy (non-hydrogen) atoms. The van der Waals surface area contributed by atoms with Crippen molar-refractivity contribution in [2.24, 2.45) is 0 Å². The fourth-order valence-corrected chi connectivity index (χ4v) is 1.89. The highest BCUT2D eigenvalue weighted by Gasteiger charge is 2.27. The Hall–Kier alpha value is -0.590. The zero-order valence-corrected chi connectivity index (χ0v) is 11.2. The van der Waals surface area contributed by atoms with E-state index in [9.17, 15) is 18.3 Å². The monoisotopic (exact) mass is 326 g/mol. The van der Waals surface area contributed by atoms with Crippen LogP contribution in [0.1, 0.15) is 12.0 Å². The van der Waals surface area contributed by atoms with Gasteiger partial charge in [0.15, 0.2) is 0 Å². The van der Waals surface area contributed by atoms with E-state index in [4.69, 9.17) is 0 Å². The number of hydrogen-bond donors (Lipinski definition) is 1. The zero-order valence-electron chi connectivity index (χ0n) is 9.58. The summed E-state index contributed by atoms with van der Waals surface area (Å²) in [4.78, 5) is 0. The van der Waals surface area contributed by atoms with E-state index in [2.05, 4.69) is 20.7 Å². The van der Waals surface area contributed by atoms with Gasteiger partial charge in [-0.05, 0) is 30.5 Å². The van der Waals surface area contributed by atoms with E-state index in [0.29, 0.717) is 6.42 Å². The summed E-state index contributed by atoms with van der Waals surface area (Å²) < 4.78 is 40.7. The molecule has 6 heteroatoms. The molecule has 0 fully saturated rings. The molecule has 0 bridgehead atoms. The van der Waals surface area contributed by atoms with Crippen molar-refractivity contribution in [1.82, 2.24) is 0 Å². The van der Waals surface area contributed by atoms with Crippen molar-refractivity contribution in [3.05, 3.63) is 34.3 Å². The van der Waals surface area contributed by atoms with Gasteiger partial charge in [-0.2, -0.15) is 13.2 Å². The Morgan fingerprint density at radius 3 is 2.67 bits per heavy atom. The summed E-state index contributed by atoms with van der Waals surface area (Å²) in [5, 5.41) is 9.65. The zero-order chi connectivity index (χ0) is 13.6. The van der Waals surface area contributed by atoms with Gasteiger partial charge in [0.1, 0.15) is 6.61 Å². The van der Waals surface area contributed by atoms with Gasteiger partial charge in [-0.3, -0.25) is 0 Å². The lowest BCUT2D eigenvalue weighted by Crippen LogP contribution is -2.20. The molecule has 0 amide bonds. The molecule has 0 heterocycles. The first kappa shape index (κ1) is 15.5. The van der Waals surface area contributed by atoms with E-state index in [1.807, 2.05) is 24.3 Å². The van der Waals surface area contributed by atoms with Gasteiger partial charge in [-0.25, -0.2) is 0 Å². The molecule has 0 spiro atoms. The molecular weight excluding hydrogens is 313 g/mol. The van der Waals surface area contributed by atoms with Gasteiger partial charge < -0.3 is 9.84 Å². The van der Waals surface area contributed by atoms with Crippen molar-refractivity contribution < 1.29 is 23.0 Å². The van der Waals surface area contributed by atoms with E-state index in [1.165, 1.54) is 0 Å². The molecule has 0 aliphatic heterocycles. The highest BCUT2D eigenvalue weighted by molar-refractivity contribution is 9.10. The highest BCUT2D eigenvalue weighted by Crippen LogP contribution is 2.16. The first-order valence-corrected chi connectivity index (χ1v) is 6.23. The summed E-state index contributed by atoms with van der Waals surface area (Å²) in [6, 6.07) is 7.42. The van der Waals surface area contributed by atoms with Crippen LogP contribution < -0.4 is 0 Å². The van der Waals surface area contributed by atoms with Gasteiger partial charge in [-0.1, -0.05) is 28.1 Å². The molecule has 0 aliphatic rings. The van der Waals surface area contributed by atoms with Crippen molar-refractivity contribution in [3.8, 4) is 0 Å². The van der Waals surface area contributed by atoms with Crippen LogP contribution in [-0.2, 0) is 11.2 Å². The molecular formula is C12H14BrF3O2. The number of rotatable bonds is 6. The van der Waals surface area contributed by atoms with Gasteiger partial charge in [0, 0.05) is 11.1 Å². The average Bonchev–Trinajstić information content (AvgIpc) is 2.23. The summed E-state index contributed by atoms with van der Waals surface area (Å²) in [6.07, 6.45) is -4.43. The van der Waals surface area contributed by atoms with Crippen LogP contribution in [0, 0.1) is 0 Å². The van der Waals surface area contributed by atoms with Crippen LogP contribution in [0.25, 0.3) is 0 Å². The molecule has 1 N–H and O–H groups in total. The summed E-state index contributed by atoms with van der Waals surface area (Å²) in [6.45, 7) is -1.37. The summed E-state index contributed by atoms with van der Waals surface area (Å²) >= 11 is 3.31. The highest BCUT2D eigenvalue weighted by atomic mass is 79.9. The largest absolute Gasteiger partial charge is 0.411 e. The maximum atomic E-state index is 11.8. The third kappa shape index (κ3) is 6.98. The number of benzene rings is 1. The van der Waals surface area contributed by atoms with Crippen LogP contribution in [0.2, 0.25) is 0 Å². The number of hydrogen-bond acceptors (Lipinski definition) is 2. The first-order valence-electron chi connectivity index (χ1n) is 5.44. The number of alkyl halides is 3. The third-order valence-corrected chi connectivity index (χ3v) is 2.71. The normalized spacial score (nSPS) is 13.6. The van der Waals surface area contributed by atoms with Crippen molar-refractivity contribution in [2.45, 2.75) is 25.1 Å². The first-order chi connectivity index (χ1) is 8.37. The lowest BCUT2D eigenvalue weighted by molar-refractivity contribution is -0.175. The molecule has 1 aromatic rings. The SMILES string of the molecule is OC(CCOCC(F)(F)F)Cc1cccc(Br)c1. The fraction of sp³-hybridized carbons (Fsp3) is 0.500. The molecule has 0 aromatic heterocycles. The van der Waals surface area contributed by atoms with Crippen LogP contribution in [0.15, 0.2) is 28.7 Å². The van der Waals surface area contributed by atoms with Crippen LogP contribution in [0.4, 0.5) is 13.2 Å². The fourth-order valence-electron chi connectivity index (χ4n) is 1.45. The Bertz CT molecular complexity index is 369. The topological polar surface area (TPSA) is 29.5 Å². The number of aliphatic hydroxyl groups is 1. The molecule has 0 saturated heterocycles. The molecule has 1 unspecified atom stereocenters. The molecule has 1 aromatic carbocycles. The molecule has 1 atom stereocenters. The minimum absolute atomic E-state index is 0.103. The Morgan fingerprint density at radius 1 is 1.33 bits per heavy atom. The smallest absolute Gasteiger partial charge is 0.393 e. The van der Waals surface area contributed by atoms with Crippen molar-refractivity contribution in [2.75, 3.05) is 13.2 Å². The predicted molar refractivity (Wildman–Crippen MR) is 65.3 cm³/mol. The lowest BCUT2D eigenvalue weighted by atomic mass is 10.1. The maximum absolute atomic E-state index is 11.8. The van der Waals surface area contributed by atoms with E-state index in [1.54, 1.807) is 0 Å². The number of ether oxygens (including phenoxy) is 1. The molecule has 102 valence electrons. The third-order valence-electron chi connectivity index (χ3n) is 2.22. The van der Waals surface area contributed by atoms with Gasteiger partial charge in [0.05, 0.1) is 6.10 Å². The van der Waals surface area contributed by atoms with Gasteiger partial charge >= 0.3 is 6.18 Å². The Morgan fingerprint density at radius 2 is 2.06 bits per heavy atom. The Kier molecular flexibility index (Phi) is 6.11. The van der Waals surface area contributed by atoms with Crippen LogP contribution in [0.3, 0.4) is 0 Å². The average molecular weight is 327 g/mol. The minimum Gasteiger partial charge on any atom is -0.393 e. The molecule has 2 nitrogen and oxygen atoms in total. The van der Waals surface area contributed by atoms with E-state index in [0.717, 1.165) is 10.0 Å². The lowest BCUT2D eigenvalue weighted by Gasteiger charge is -2.12. The summed E-state index contributed by atoms with van der Waals surface area (Å²) in [5.41, 5.74) is 0.924. The summed E-state index contributed by atoms with van der Waals surface area (Å²) in [5.74, 6) is 0. The van der Waals surface area contributed by atoms with Crippen LogP contribution >= 0.6 is 15.9 Å². The van der Waals surface area contributed by atoms with Crippen molar-refractivity contribution in [3.63, 3.8) is 0 Å². The standard InChI is InChI=1S/C12H14BrF3O2/c13-10-3-1-2-9(6-10)7-11(17)4-5-18-8-12(14,15)16/h1-3,6,11,17H,4-5,7-8H2. The minimum atomic E-state index is -4.31. The second-order valence-electron chi connectivity index (χ2n) is 3.94. The Labute approximate surface area is 112 Å². The van der Waals surface area contributed by atoms with Crippen LogP contribution in [-0.4, -0.2) is 30.6 Å². The quantitative estimate of drug-likeness (QED) is 0.812. The van der Waals surface area contributed by atoms with Crippen molar-refractivity contribution in [1.29, 1.82) is 0 Å². The molecule has 1 rings (SSSR count). The van der Waals surface area contributed by atoms with E-state index >= 15 is 0 Å².